The van der Waals surface area contributed by atoms with Crippen molar-refractivity contribution in [2.45, 2.75) is 0 Å². The fourth-order valence-corrected chi connectivity index (χ4v) is 1.25. The van der Waals surface area contributed by atoms with E-state index in [-0.39, 0.29) is 5.91 Å². The maximum atomic E-state index is 10.3. The maximum Gasteiger partial charge on any atom is 0.234 e. The second-order valence-corrected chi connectivity index (χ2v) is 3.22. The molecule has 1 saturated heterocycles. The highest BCUT2D eigenvalue weighted by Crippen LogP contribution is 2.00. The summed E-state index contributed by atoms with van der Waals surface area (Å²) in [5, 5.41) is 12.1. The van der Waals surface area contributed by atoms with E-state index in [1.165, 1.54) is 6.33 Å². The third-order valence-electron chi connectivity index (χ3n) is 2.02. The molecule has 0 atom stereocenters. The molecule has 0 saturated carbocycles. The molecule has 7 heteroatoms. The number of nitrogens with one attached hydrogen (secondary N) is 3. The number of aromatic nitrogens is 4. The Hall–Kier alpha value is -2.02. The fraction of sp³-hybridized carbons (Fsp3) is 0.333. The molecule has 16 heavy (non-hydrogen) atoms. The first-order valence-electron chi connectivity index (χ1n) is 4.93. The Kier molecular flexibility index (Phi) is 3.39. The minimum Gasteiger partial charge on any atom is -0.354 e. The number of fused-ring (bicyclic) bond motifs is 1. The summed E-state index contributed by atoms with van der Waals surface area (Å²) in [6.45, 7) is 2.17. The molecule has 7 nitrogen and oxygen atoms in total. The molecule has 3 heterocycles. The van der Waals surface area contributed by atoms with E-state index in [4.69, 9.17) is 0 Å². The predicted molar refractivity (Wildman–Crippen MR) is 57.6 cm³/mol. The number of aromatic amines is 1. The third-order valence-corrected chi connectivity index (χ3v) is 2.02. The van der Waals surface area contributed by atoms with Gasteiger partial charge in [0.15, 0.2) is 0 Å². The van der Waals surface area contributed by atoms with Crippen LogP contribution in [-0.4, -0.2) is 45.7 Å². The second kappa shape index (κ2) is 5.17. The Bertz CT molecular complexity index is 429. The lowest BCUT2D eigenvalue weighted by molar-refractivity contribution is -0.121. The molecule has 2 aromatic rings. The highest BCUT2D eigenvalue weighted by Gasteiger charge is 2.02. The number of hydrogen-bond donors (Lipinski definition) is 3. The van der Waals surface area contributed by atoms with Gasteiger partial charge in [-0.3, -0.25) is 9.89 Å². The lowest BCUT2D eigenvalue weighted by atomic mass is 10.4. The minimum atomic E-state index is 0.103. The van der Waals surface area contributed by atoms with Gasteiger partial charge in [-0.1, -0.05) is 0 Å². The number of H-pyrrole nitrogens is 1. The quantitative estimate of drug-likeness (QED) is 0.532. The van der Waals surface area contributed by atoms with E-state index < -0.39 is 0 Å². The van der Waals surface area contributed by atoms with Gasteiger partial charge in [-0.2, -0.15) is 5.10 Å². The largest absolute Gasteiger partial charge is 0.354 e. The van der Waals surface area contributed by atoms with Gasteiger partial charge in [0, 0.05) is 13.1 Å². The number of amides is 1. The number of rotatable bonds is 0. The molecule has 1 fully saturated rings. The Morgan fingerprint density at radius 3 is 2.81 bits per heavy atom. The highest BCUT2D eigenvalue weighted by molar-refractivity contribution is 5.78. The summed E-state index contributed by atoms with van der Waals surface area (Å²) in [5.41, 5.74) is 1.72. The first-order chi connectivity index (χ1) is 7.86. The van der Waals surface area contributed by atoms with E-state index in [1.54, 1.807) is 12.4 Å². The van der Waals surface area contributed by atoms with E-state index in [0.717, 1.165) is 24.1 Å². The molecule has 0 unspecified atom stereocenters. The van der Waals surface area contributed by atoms with Crippen LogP contribution in [0.4, 0.5) is 0 Å². The van der Waals surface area contributed by atoms with Gasteiger partial charge < -0.3 is 10.6 Å². The monoisotopic (exact) mass is 220 g/mol. The molecule has 0 aliphatic carbocycles. The molecular weight excluding hydrogens is 208 g/mol. The standard InChI is InChI=1S/C5H4N4.C4H8N2O/c1-5-4(2-8-9-5)7-3-6-1;7-4-3-5-1-2-6-4/h1-3H,(H,8,9);5H,1-3H2,(H,6,7). The van der Waals surface area contributed by atoms with Crippen molar-refractivity contribution < 1.29 is 4.79 Å². The molecule has 0 spiro atoms. The van der Waals surface area contributed by atoms with Crippen molar-refractivity contribution in [3.05, 3.63) is 18.7 Å². The van der Waals surface area contributed by atoms with Crippen molar-refractivity contribution in [2.24, 2.45) is 0 Å². The molecule has 2 aromatic heterocycles. The molecule has 0 bridgehead atoms. The number of piperazine rings is 1. The molecule has 0 aromatic carbocycles. The molecule has 1 amide bonds. The average Bonchev–Trinajstić information content (AvgIpc) is 2.79. The van der Waals surface area contributed by atoms with Crippen molar-refractivity contribution in [3.8, 4) is 0 Å². The second-order valence-electron chi connectivity index (χ2n) is 3.22. The lowest BCUT2D eigenvalue weighted by Crippen LogP contribution is -2.44. The summed E-state index contributed by atoms with van der Waals surface area (Å²) in [4.78, 5) is 18.0. The summed E-state index contributed by atoms with van der Waals surface area (Å²) in [7, 11) is 0. The van der Waals surface area contributed by atoms with Gasteiger partial charge in [0.1, 0.15) is 17.4 Å². The van der Waals surface area contributed by atoms with Gasteiger partial charge in [0.2, 0.25) is 5.91 Å². The molecule has 1 aliphatic rings. The third kappa shape index (κ3) is 2.74. The summed E-state index contributed by atoms with van der Waals surface area (Å²) in [5.74, 6) is 0.103. The van der Waals surface area contributed by atoms with Gasteiger partial charge in [-0.25, -0.2) is 9.97 Å². The van der Waals surface area contributed by atoms with Crippen molar-refractivity contribution in [1.29, 1.82) is 0 Å². The first kappa shape index (κ1) is 10.5. The van der Waals surface area contributed by atoms with Crippen LogP contribution in [0.15, 0.2) is 18.7 Å². The number of carbonyl (C=O) groups is 1. The molecular formula is C9H12N6O. The fourth-order valence-electron chi connectivity index (χ4n) is 1.25. The molecule has 84 valence electrons. The van der Waals surface area contributed by atoms with Crippen molar-refractivity contribution >= 4 is 16.9 Å². The van der Waals surface area contributed by atoms with E-state index >= 15 is 0 Å². The number of nitrogens with zero attached hydrogens (tertiary/aromatic N) is 3. The zero-order chi connectivity index (χ0) is 11.2. The van der Waals surface area contributed by atoms with E-state index in [2.05, 4.69) is 30.8 Å². The topological polar surface area (TPSA) is 95.6 Å². The Balaban J connectivity index is 0.000000125. The van der Waals surface area contributed by atoms with Crippen LogP contribution in [0, 0.1) is 0 Å². The molecule has 1 aliphatic heterocycles. The molecule has 3 N–H and O–H groups in total. The van der Waals surface area contributed by atoms with Crippen LogP contribution < -0.4 is 10.6 Å². The summed E-state index contributed by atoms with van der Waals surface area (Å²) in [6.07, 6.45) is 4.85. The van der Waals surface area contributed by atoms with Gasteiger partial charge in [-0.05, 0) is 0 Å². The van der Waals surface area contributed by atoms with Gasteiger partial charge in [0.05, 0.1) is 18.9 Å². The molecule has 0 radical (unpaired) electrons. The van der Waals surface area contributed by atoms with E-state index in [9.17, 15) is 4.79 Å². The summed E-state index contributed by atoms with van der Waals surface area (Å²) in [6, 6.07) is 0. The van der Waals surface area contributed by atoms with Crippen molar-refractivity contribution in [3.63, 3.8) is 0 Å². The van der Waals surface area contributed by atoms with Crippen molar-refractivity contribution in [2.75, 3.05) is 19.6 Å². The smallest absolute Gasteiger partial charge is 0.234 e. The van der Waals surface area contributed by atoms with Crippen LogP contribution in [0.5, 0.6) is 0 Å². The Labute approximate surface area is 91.7 Å². The average molecular weight is 220 g/mol. The van der Waals surface area contributed by atoms with Crippen LogP contribution in [0.25, 0.3) is 11.0 Å². The minimum absolute atomic E-state index is 0.103. The zero-order valence-corrected chi connectivity index (χ0v) is 8.60. The van der Waals surface area contributed by atoms with Crippen LogP contribution in [0.1, 0.15) is 0 Å². The van der Waals surface area contributed by atoms with Crippen molar-refractivity contribution in [1.82, 2.24) is 30.8 Å². The predicted octanol–water partition coefficient (Wildman–Crippen LogP) is -0.941. The zero-order valence-electron chi connectivity index (χ0n) is 8.60. The van der Waals surface area contributed by atoms with E-state index in [1.807, 2.05) is 0 Å². The summed E-state index contributed by atoms with van der Waals surface area (Å²) < 4.78 is 0. The van der Waals surface area contributed by atoms with Crippen LogP contribution in [0.3, 0.4) is 0 Å². The van der Waals surface area contributed by atoms with Crippen LogP contribution in [-0.2, 0) is 4.79 Å². The van der Waals surface area contributed by atoms with Crippen LogP contribution >= 0.6 is 0 Å². The van der Waals surface area contributed by atoms with Gasteiger partial charge in [0.25, 0.3) is 0 Å². The maximum absolute atomic E-state index is 10.3. The first-order valence-corrected chi connectivity index (χ1v) is 4.93. The highest BCUT2D eigenvalue weighted by atomic mass is 16.2. The SMILES string of the molecule is O=C1CNCCN1.c1ncc2[nH]ncc2n1. The van der Waals surface area contributed by atoms with Gasteiger partial charge >= 0.3 is 0 Å². The Morgan fingerprint density at radius 1 is 1.25 bits per heavy atom. The number of hydrogen-bond acceptors (Lipinski definition) is 5. The summed E-state index contributed by atoms with van der Waals surface area (Å²) >= 11 is 0. The normalized spacial score (nSPS) is 15.1. The van der Waals surface area contributed by atoms with Gasteiger partial charge in [-0.15, -0.1) is 0 Å². The van der Waals surface area contributed by atoms with Crippen LogP contribution in [0.2, 0.25) is 0 Å². The Morgan fingerprint density at radius 2 is 2.19 bits per heavy atom. The lowest BCUT2D eigenvalue weighted by Gasteiger charge is -2.11. The molecule has 3 rings (SSSR count). The van der Waals surface area contributed by atoms with E-state index in [0.29, 0.717) is 6.54 Å². The number of carbonyl (C=O) groups excluding carboxylic acids is 1.